The van der Waals surface area contributed by atoms with Gasteiger partial charge in [-0.3, -0.25) is 0 Å². The minimum absolute atomic E-state index is 0.246. The van der Waals surface area contributed by atoms with Crippen molar-refractivity contribution in [1.29, 1.82) is 0 Å². The highest BCUT2D eigenvalue weighted by molar-refractivity contribution is 5.32. The second-order valence-electron chi connectivity index (χ2n) is 4.78. The van der Waals surface area contributed by atoms with Crippen molar-refractivity contribution < 1.29 is 4.42 Å². The number of nitrogens with two attached hydrogens (primary N) is 1. The Balaban J connectivity index is 2.01. The van der Waals surface area contributed by atoms with Gasteiger partial charge in [0.1, 0.15) is 11.5 Å². The molecule has 0 saturated heterocycles. The van der Waals surface area contributed by atoms with Crippen molar-refractivity contribution in [3.8, 4) is 0 Å². The molecule has 1 spiro atoms. The summed E-state index contributed by atoms with van der Waals surface area (Å²) < 4.78 is 5.77. The van der Waals surface area contributed by atoms with E-state index in [2.05, 4.69) is 13.0 Å². The van der Waals surface area contributed by atoms with Gasteiger partial charge in [-0.15, -0.1) is 0 Å². The highest BCUT2D eigenvalue weighted by Gasteiger charge is 2.51. The first kappa shape index (κ1) is 8.54. The molecular formula is C12H17NO. The average molecular weight is 191 g/mol. The molecule has 1 fully saturated rings. The van der Waals surface area contributed by atoms with Crippen LogP contribution in [0.15, 0.2) is 10.5 Å². The molecule has 0 aromatic carbocycles. The van der Waals surface area contributed by atoms with Gasteiger partial charge in [0.25, 0.3) is 0 Å². The van der Waals surface area contributed by atoms with E-state index in [1.807, 2.05) is 0 Å². The molecule has 3 rings (SSSR count). The minimum Gasteiger partial charge on any atom is -0.466 e. The number of hydrogen-bond acceptors (Lipinski definition) is 2. The summed E-state index contributed by atoms with van der Waals surface area (Å²) in [6, 6.07) is 2.43. The zero-order chi connectivity index (χ0) is 9.76. The van der Waals surface area contributed by atoms with Crippen LogP contribution in [0.3, 0.4) is 0 Å². The number of hydrogen-bond donors (Lipinski definition) is 1. The lowest BCUT2D eigenvalue weighted by Crippen LogP contribution is -2.27. The molecule has 1 aromatic rings. The van der Waals surface area contributed by atoms with Crippen LogP contribution in [-0.2, 0) is 12.8 Å². The van der Waals surface area contributed by atoms with E-state index in [0.29, 0.717) is 5.41 Å². The largest absolute Gasteiger partial charge is 0.466 e. The summed E-state index contributed by atoms with van der Waals surface area (Å²) in [5.74, 6) is 2.26. The molecule has 1 saturated carbocycles. The normalized spacial score (nSPS) is 27.7. The molecule has 2 heteroatoms. The van der Waals surface area contributed by atoms with Crippen LogP contribution in [0.25, 0.3) is 0 Å². The first-order valence-corrected chi connectivity index (χ1v) is 5.62. The van der Waals surface area contributed by atoms with Gasteiger partial charge in [0.15, 0.2) is 0 Å². The van der Waals surface area contributed by atoms with Gasteiger partial charge >= 0.3 is 0 Å². The third-order valence-electron chi connectivity index (χ3n) is 3.98. The SMILES string of the molecule is CCc1cc2c(o1)CCC1(CC1)C2N. The fourth-order valence-corrected chi connectivity index (χ4v) is 2.70. The molecule has 1 aromatic heterocycles. The van der Waals surface area contributed by atoms with Crippen molar-refractivity contribution in [3.63, 3.8) is 0 Å². The van der Waals surface area contributed by atoms with E-state index in [0.717, 1.165) is 24.4 Å². The molecule has 2 aliphatic carbocycles. The van der Waals surface area contributed by atoms with Crippen molar-refractivity contribution >= 4 is 0 Å². The first-order valence-electron chi connectivity index (χ1n) is 5.62. The molecule has 0 aliphatic heterocycles. The van der Waals surface area contributed by atoms with Crippen molar-refractivity contribution in [3.05, 3.63) is 23.2 Å². The van der Waals surface area contributed by atoms with Crippen LogP contribution < -0.4 is 5.73 Å². The lowest BCUT2D eigenvalue weighted by atomic mass is 9.81. The van der Waals surface area contributed by atoms with E-state index in [1.54, 1.807) is 0 Å². The van der Waals surface area contributed by atoms with Gasteiger partial charge in [-0.2, -0.15) is 0 Å². The van der Waals surface area contributed by atoms with Crippen LogP contribution in [0.5, 0.6) is 0 Å². The maximum Gasteiger partial charge on any atom is 0.108 e. The van der Waals surface area contributed by atoms with E-state index in [4.69, 9.17) is 10.2 Å². The fourth-order valence-electron chi connectivity index (χ4n) is 2.70. The number of fused-ring (bicyclic) bond motifs is 1. The maximum absolute atomic E-state index is 6.29. The van der Waals surface area contributed by atoms with Gasteiger partial charge in [-0.25, -0.2) is 0 Å². The Morgan fingerprint density at radius 2 is 2.29 bits per heavy atom. The molecule has 2 N–H and O–H groups in total. The first-order chi connectivity index (χ1) is 6.75. The molecule has 76 valence electrons. The van der Waals surface area contributed by atoms with Crippen LogP contribution in [0.4, 0.5) is 0 Å². The predicted molar refractivity (Wildman–Crippen MR) is 55.0 cm³/mol. The van der Waals surface area contributed by atoms with E-state index < -0.39 is 0 Å². The topological polar surface area (TPSA) is 39.2 Å². The van der Waals surface area contributed by atoms with Gasteiger partial charge in [0.2, 0.25) is 0 Å². The monoisotopic (exact) mass is 191 g/mol. The fraction of sp³-hybridized carbons (Fsp3) is 0.667. The molecule has 14 heavy (non-hydrogen) atoms. The number of aryl methyl sites for hydroxylation is 2. The lowest BCUT2D eigenvalue weighted by Gasteiger charge is -2.27. The summed E-state index contributed by atoms with van der Waals surface area (Å²) >= 11 is 0. The van der Waals surface area contributed by atoms with Crippen LogP contribution in [0, 0.1) is 5.41 Å². The predicted octanol–water partition coefficient (Wildman–Crippen LogP) is 2.57. The Morgan fingerprint density at radius 1 is 1.50 bits per heavy atom. The second kappa shape index (κ2) is 2.63. The Bertz CT molecular complexity index is 362. The third-order valence-corrected chi connectivity index (χ3v) is 3.98. The number of rotatable bonds is 1. The van der Waals surface area contributed by atoms with E-state index in [1.165, 1.54) is 24.8 Å². The van der Waals surface area contributed by atoms with E-state index in [-0.39, 0.29) is 6.04 Å². The summed E-state index contributed by atoms with van der Waals surface area (Å²) in [6.45, 7) is 2.13. The number of furan rings is 1. The molecule has 1 unspecified atom stereocenters. The Hall–Kier alpha value is -0.760. The molecule has 0 bridgehead atoms. The summed E-state index contributed by atoms with van der Waals surface area (Å²) in [7, 11) is 0. The van der Waals surface area contributed by atoms with Crippen molar-refractivity contribution in [2.75, 3.05) is 0 Å². The zero-order valence-electron chi connectivity index (χ0n) is 8.68. The van der Waals surface area contributed by atoms with Gasteiger partial charge in [0.05, 0.1) is 0 Å². The second-order valence-corrected chi connectivity index (χ2v) is 4.78. The van der Waals surface area contributed by atoms with Gasteiger partial charge in [-0.1, -0.05) is 6.92 Å². The minimum atomic E-state index is 0.246. The van der Waals surface area contributed by atoms with E-state index >= 15 is 0 Å². The average Bonchev–Trinajstić information content (AvgIpc) is 2.85. The van der Waals surface area contributed by atoms with Crippen molar-refractivity contribution in [1.82, 2.24) is 0 Å². The molecule has 2 nitrogen and oxygen atoms in total. The summed E-state index contributed by atoms with van der Waals surface area (Å²) in [6.07, 6.45) is 5.95. The van der Waals surface area contributed by atoms with Crippen LogP contribution in [-0.4, -0.2) is 0 Å². The van der Waals surface area contributed by atoms with Gasteiger partial charge in [0, 0.05) is 24.4 Å². The summed E-state index contributed by atoms with van der Waals surface area (Å²) in [4.78, 5) is 0. The smallest absolute Gasteiger partial charge is 0.108 e. The summed E-state index contributed by atoms with van der Waals surface area (Å²) in [5, 5.41) is 0. The van der Waals surface area contributed by atoms with Gasteiger partial charge < -0.3 is 10.2 Å². The molecule has 2 aliphatic rings. The van der Waals surface area contributed by atoms with Crippen LogP contribution in [0.1, 0.15) is 49.3 Å². The summed E-state index contributed by atoms with van der Waals surface area (Å²) in [5.41, 5.74) is 8.05. The highest BCUT2D eigenvalue weighted by Crippen LogP contribution is 2.60. The van der Waals surface area contributed by atoms with E-state index in [9.17, 15) is 0 Å². The zero-order valence-corrected chi connectivity index (χ0v) is 8.68. The lowest BCUT2D eigenvalue weighted by molar-refractivity contribution is 0.323. The standard InChI is InChI=1S/C12H17NO/c1-2-8-7-9-10(14-8)3-4-12(5-6-12)11(9)13/h7,11H,2-6,13H2,1H3. The Kier molecular flexibility index (Phi) is 1.61. The van der Waals surface area contributed by atoms with Crippen molar-refractivity contribution in [2.45, 2.75) is 45.1 Å². The Morgan fingerprint density at radius 3 is 2.93 bits per heavy atom. The van der Waals surface area contributed by atoms with Crippen LogP contribution in [0.2, 0.25) is 0 Å². The molecule has 1 heterocycles. The quantitative estimate of drug-likeness (QED) is 0.741. The molecular weight excluding hydrogens is 174 g/mol. The third kappa shape index (κ3) is 1.01. The molecule has 0 radical (unpaired) electrons. The van der Waals surface area contributed by atoms with Crippen LogP contribution >= 0.6 is 0 Å². The maximum atomic E-state index is 6.29. The Labute approximate surface area is 84.5 Å². The molecule has 0 amide bonds. The van der Waals surface area contributed by atoms with Gasteiger partial charge in [-0.05, 0) is 30.7 Å². The highest BCUT2D eigenvalue weighted by atomic mass is 16.3. The molecule has 1 atom stereocenters. The van der Waals surface area contributed by atoms with Crippen molar-refractivity contribution in [2.24, 2.45) is 11.1 Å².